The van der Waals surface area contributed by atoms with Crippen LogP contribution in [0.15, 0.2) is 20.8 Å². The van der Waals surface area contributed by atoms with Crippen LogP contribution < -0.4 is 0 Å². The number of hydrogen-bond acceptors (Lipinski definition) is 1. The lowest BCUT2D eigenvalue weighted by Crippen LogP contribution is -1.84. The van der Waals surface area contributed by atoms with Gasteiger partial charge in [0.2, 0.25) is 0 Å². The van der Waals surface area contributed by atoms with E-state index < -0.39 is 20.7 Å². The van der Waals surface area contributed by atoms with Gasteiger partial charge < -0.3 is 0 Å². The van der Waals surface area contributed by atoms with Crippen molar-refractivity contribution in [2.45, 2.75) is 0 Å². The van der Waals surface area contributed by atoms with E-state index in [0.29, 0.717) is 8.61 Å². The normalized spacial score (nSPS) is 17.5. The third-order valence-electron chi connectivity index (χ3n) is 0.873. The van der Waals surface area contributed by atoms with Gasteiger partial charge in [-0.15, -0.1) is 0 Å². The smallest absolute Gasteiger partial charge is 0.156 e. The molecule has 1 heterocycles. The van der Waals surface area contributed by atoms with Gasteiger partial charge in [0.15, 0.2) is 3.76 Å². The molecule has 0 unspecified atom stereocenters. The molecule has 52 valence electrons. The second-order valence-corrected chi connectivity index (χ2v) is 5.17. The third kappa shape index (κ3) is 1.64. The molecule has 10 heavy (non-hydrogen) atoms. The maximum absolute atomic E-state index is 12.4. The molecule has 1 aliphatic heterocycles. The molecular weight excluding hydrogens is 267 g/mol. The van der Waals surface area contributed by atoms with Crippen LogP contribution in [0.2, 0.25) is 0 Å². The Morgan fingerprint density at radius 2 is 2.30 bits per heavy atom. The van der Waals surface area contributed by atoms with E-state index in [2.05, 4.69) is 0 Å². The van der Waals surface area contributed by atoms with Crippen LogP contribution in [0, 0.1) is 11.3 Å². The quantitative estimate of drug-likeness (QED) is 0.620. The Bertz CT molecular complexity index is 285. The highest BCUT2D eigenvalue weighted by Gasteiger charge is 2.04. The molecule has 0 spiro atoms. The summed E-state index contributed by atoms with van der Waals surface area (Å²) in [5.74, 6) is 0. The first-order valence-corrected chi connectivity index (χ1v) is 4.93. The largest absolute Gasteiger partial charge is 0.200 e. The van der Waals surface area contributed by atoms with Crippen molar-refractivity contribution in [1.29, 1.82) is 5.26 Å². The molecule has 0 amide bonds. The van der Waals surface area contributed by atoms with Gasteiger partial charge in [0.05, 0.1) is 8.61 Å². The van der Waals surface area contributed by atoms with Crippen LogP contribution in [0.4, 0.5) is 4.39 Å². The minimum absolute atomic E-state index is 0.192. The topological polar surface area (TPSA) is 23.8 Å². The molecule has 0 fully saturated rings. The molecule has 0 saturated carbocycles. The second-order valence-electron chi connectivity index (χ2n) is 1.50. The molecule has 0 N–H and O–H groups in total. The summed E-state index contributed by atoms with van der Waals surface area (Å²) in [7, 11) is 0. The Hall–Kier alpha value is -0.210. The van der Waals surface area contributed by atoms with Crippen molar-refractivity contribution in [3.05, 3.63) is 20.8 Å². The van der Waals surface area contributed by atoms with Gasteiger partial charge in [-0.3, -0.25) is 0 Å². The maximum Gasteiger partial charge on any atom is 0.156 e. The first kappa shape index (κ1) is 7.89. The van der Waals surface area contributed by atoms with E-state index in [9.17, 15) is 4.39 Å². The van der Waals surface area contributed by atoms with Crippen LogP contribution >= 0.6 is 32.3 Å². The van der Waals surface area contributed by atoms with E-state index >= 15 is 0 Å². The predicted octanol–water partition coefficient (Wildman–Crippen LogP) is 2.60. The number of nitriles is 1. The molecule has 0 saturated heterocycles. The molecule has 0 aromatic carbocycles. The van der Waals surface area contributed by atoms with Crippen LogP contribution in [0.25, 0.3) is 0 Å². The predicted molar refractivity (Wildman–Crippen MR) is 47.8 cm³/mol. The van der Waals surface area contributed by atoms with Crippen molar-refractivity contribution in [2.75, 3.05) is 0 Å². The number of nitrogens with zero attached hydrogens (tertiary/aromatic N) is 1. The molecule has 0 bridgehead atoms. The lowest BCUT2D eigenvalue weighted by atomic mass is 10.3. The third-order valence-corrected chi connectivity index (χ3v) is 3.49. The van der Waals surface area contributed by atoms with Gasteiger partial charge >= 0.3 is 0 Å². The average Bonchev–Trinajstić information content (AvgIpc) is 1.88. The molecular formula is C6H2ClFIN. The maximum atomic E-state index is 12.4. The number of hydrogen-bond donors (Lipinski definition) is 0. The van der Waals surface area contributed by atoms with Crippen molar-refractivity contribution < 1.29 is 4.39 Å². The summed E-state index contributed by atoms with van der Waals surface area (Å²) in [5.41, 5.74) is 0.399. The zero-order valence-corrected chi connectivity index (χ0v) is 7.65. The summed E-state index contributed by atoms with van der Waals surface area (Å²) in [6.07, 6.45) is 2.71. The van der Waals surface area contributed by atoms with Crippen molar-refractivity contribution >= 4 is 36.1 Å². The van der Waals surface area contributed by atoms with E-state index in [-0.39, 0.29) is 3.76 Å². The minimum atomic E-state index is -0.872. The molecule has 0 atom stereocenters. The Morgan fingerprint density at radius 3 is 2.80 bits per heavy atom. The lowest BCUT2D eigenvalue weighted by molar-refractivity contribution is 0.839. The molecule has 0 aliphatic carbocycles. The van der Waals surface area contributed by atoms with Crippen LogP contribution in [0.1, 0.15) is 0 Å². The molecule has 0 aromatic heterocycles. The van der Waals surface area contributed by atoms with Crippen molar-refractivity contribution in [3.63, 3.8) is 0 Å². The van der Waals surface area contributed by atoms with E-state index in [0.717, 1.165) is 0 Å². The number of rotatable bonds is 0. The van der Waals surface area contributed by atoms with E-state index in [1.807, 2.05) is 6.07 Å². The fourth-order valence-corrected chi connectivity index (χ4v) is 2.42. The number of allylic oxidation sites excluding steroid dienone is 3. The minimum Gasteiger partial charge on any atom is -0.200 e. The van der Waals surface area contributed by atoms with E-state index in [1.165, 1.54) is 12.2 Å². The molecule has 1 rings (SSSR count). The van der Waals surface area contributed by atoms with Crippen LogP contribution in [-0.2, 0) is 0 Å². The van der Waals surface area contributed by atoms with Gasteiger partial charge in [0, 0.05) is 0 Å². The van der Waals surface area contributed by atoms with Crippen molar-refractivity contribution in [3.8, 4) is 6.07 Å². The standard InChI is InChI=1S/C6H2ClFIN/c7-6-4(3-10)1-2-5(8)9-6/h1-2H. The molecule has 0 aromatic rings. The summed E-state index contributed by atoms with van der Waals surface area (Å²) < 4.78 is 12.6. The summed E-state index contributed by atoms with van der Waals surface area (Å²) in [6.45, 7) is 0. The molecule has 4 heteroatoms. The number of halogens is 3. The Morgan fingerprint density at radius 1 is 1.60 bits per heavy atom. The summed E-state index contributed by atoms with van der Waals surface area (Å²) in [4.78, 5) is 0. The molecule has 1 nitrogen and oxygen atoms in total. The molecule has 1 aliphatic rings. The summed E-state index contributed by atoms with van der Waals surface area (Å²) >= 11 is 4.70. The monoisotopic (exact) mass is 269 g/mol. The Kier molecular flexibility index (Phi) is 2.57. The van der Waals surface area contributed by atoms with Crippen LogP contribution in [0.5, 0.6) is 0 Å². The van der Waals surface area contributed by atoms with Gasteiger partial charge in [-0.05, 0) is 32.9 Å². The van der Waals surface area contributed by atoms with Crippen LogP contribution in [-0.4, -0.2) is 3.76 Å². The summed E-state index contributed by atoms with van der Waals surface area (Å²) in [6, 6.07) is 1.88. The molecule has 0 radical (unpaired) electrons. The lowest BCUT2D eigenvalue weighted by Gasteiger charge is -1.96. The fraction of sp³-hybridized carbons (Fsp3) is 0. The second kappa shape index (κ2) is 3.26. The fourth-order valence-electron chi connectivity index (χ4n) is 0.450. The zero-order chi connectivity index (χ0) is 7.56. The Balaban J connectivity index is 3.09. The van der Waals surface area contributed by atoms with Crippen LogP contribution in [0.3, 0.4) is 0 Å². The first-order chi connectivity index (χ1) is 4.74. The first-order valence-electron chi connectivity index (χ1n) is 2.39. The van der Waals surface area contributed by atoms with Gasteiger partial charge in [0.1, 0.15) is 6.07 Å². The highest BCUT2D eigenvalue weighted by atomic mass is 127. The Labute approximate surface area is 72.5 Å². The van der Waals surface area contributed by atoms with E-state index in [4.69, 9.17) is 16.9 Å². The van der Waals surface area contributed by atoms with Gasteiger partial charge in [-0.1, -0.05) is 11.6 Å². The van der Waals surface area contributed by atoms with Gasteiger partial charge in [-0.2, -0.15) is 5.26 Å². The summed E-state index contributed by atoms with van der Waals surface area (Å²) in [5, 5.41) is 8.39. The zero-order valence-electron chi connectivity index (χ0n) is 4.74. The average molecular weight is 269 g/mol. The van der Waals surface area contributed by atoms with Crippen molar-refractivity contribution in [2.24, 2.45) is 0 Å². The highest BCUT2D eigenvalue weighted by Crippen LogP contribution is 2.29. The highest BCUT2D eigenvalue weighted by molar-refractivity contribution is 14.2. The van der Waals surface area contributed by atoms with Gasteiger partial charge in [0.25, 0.3) is 0 Å². The van der Waals surface area contributed by atoms with Crippen molar-refractivity contribution in [1.82, 2.24) is 0 Å². The van der Waals surface area contributed by atoms with E-state index in [1.54, 1.807) is 0 Å². The SMILES string of the molecule is N#CC1=C(Cl)I=C(F)C=C1. The van der Waals surface area contributed by atoms with Gasteiger partial charge in [-0.25, -0.2) is 4.39 Å².